The van der Waals surface area contributed by atoms with Crippen molar-refractivity contribution in [1.82, 2.24) is 19.6 Å². The molecular formula is C37H45BF4N4O7. The van der Waals surface area contributed by atoms with Crippen molar-refractivity contribution in [2.45, 2.75) is 77.0 Å². The Morgan fingerprint density at radius 3 is 2.30 bits per heavy atom. The first-order chi connectivity index (χ1) is 24.9. The zero-order valence-electron chi connectivity index (χ0n) is 30.7. The number of rotatable bonds is 12. The van der Waals surface area contributed by atoms with Gasteiger partial charge in [-0.25, -0.2) is 9.48 Å². The van der Waals surface area contributed by atoms with Crippen LogP contribution in [0.1, 0.15) is 70.7 Å². The van der Waals surface area contributed by atoms with E-state index in [0.29, 0.717) is 35.4 Å². The molecule has 2 saturated heterocycles. The summed E-state index contributed by atoms with van der Waals surface area (Å²) in [5.74, 6) is -0.728. The van der Waals surface area contributed by atoms with Crippen LogP contribution in [0.4, 0.5) is 22.4 Å². The monoisotopic (exact) mass is 744 g/mol. The summed E-state index contributed by atoms with van der Waals surface area (Å²) in [6.45, 7) is 7.41. The minimum atomic E-state index is -4.66. The topological polar surface area (TPSA) is 116 Å². The molecule has 286 valence electrons. The number of hydrogen-bond donors (Lipinski definition) is 1. The largest absolute Gasteiger partial charge is 0.492 e. The molecule has 0 bridgehead atoms. The van der Waals surface area contributed by atoms with Crippen LogP contribution in [0.3, 0.4) is 0 Å². The third-order valence-corrected chi connectivity index (χ3v) is 9.70. The number of nitrogens with zero attached hydrogens (tertiary/aromatic N) is 4. The van der Waals surface area contributed by atoms with Crippen LogP contribution in [0.5, 0.6) is 5.75 Å². The molecule has 0 radical (unpaired) electrons. The number of hydrogen-bond acceptors (Lipinski definition) is 7. The van der Waals surface area contributed by atoms with Crippen molar-refractivity contribution in [3.63, 3.8) is 0 Å². The Morgan fingerprint density at radius 2 is 1.72 bits per heavy atom. The van der Waals surface area contributed by atoms with Gasteiger partial charge in [0.1, 0.15) is 12.4 Å². The lowest BCUT2D eigenvalue weighted by molar-refractivity contribution is -0.126. The Morgan fingerprint density at radius 1 is 1.06 bits per heavy atom. The van der Waals surface area contributed by atoms with E-state index in [2.05, 4.69) is 5.10 Å². The van der Waals surface area contributed by atoms with E-state index in [9.17, 15) is 27.9 Å². The van der Waals surface area contributed by atoms with Crippen molar-refractivity contribution < 1.29 is 51.0 Å². The molecule has 1 N–H and O–H groups in total. The van der Waals surface area contributed by atoms with Gasteiger partial charge in [-0.3, -0.25) is 4.79 Å². The van der Waals surface area contributed by atoms with Gasteiger partial charge in [0, 0.05) is 33.3 Å². The number of carbonyl (C=O) groups is 2. The quantitative estimate of drug-likeness (QED) is 0.117. The summed E-state index contributed by atoms with van der Waals surface area (Å²) in [6.07, 6.45) is -2.54. The van der Waals surface area contributed by atoms with Crippen LogP contribution in [0, 0.1) is 5.95 Å². The lowest BCUT2D eigenvalue weighted by Crippen LogP contribution is -2.41. The van der Waals surface area contributed by atoms with E-state index < -0.39 is 49.2 Å². The van der Waals surface area contributed by atoms with E-state index in [4.69, 9.17) is 18.8 Å². The molecule has 0 spiro atoms. The number of halogens is 4. The van der Waals surface area contributed by atoms with E-state index in [0.717, 1.165) is 17.7 Å². The van der Waals surface area contributed by atoms with Crippen LogP contribution in [0.2, 0.25) is 0 Å². The number of amides is 2. The predicted octanol–water partition coefficient (Wildman–Crippen LogP) is 7.26. The molecule has 3 heterocycles. The first kappa shape index (κ1) is 39.8. The highest BCUT2D eigenvalue weighted by atomic mass is 19.4. The molecule has 2 aromatic carbocycles. The third-order valence-electron chi connectivity index (χ3n) is 9.70. The van der Waals surface area contributed by atoms with Crippen LogP contribution >= 0.6 is 0 Å². The smallest absolute Gasteiger partial charge is 0.491 e. The number of fused-ring (bicyclic) bond motifs is 1. The average molecular weight is 745 g/mol. The highest BCUT2D eigenvalue weighted by Gasteiger charge is 2.54. The Bertz CT molecular complexity index is 1840. The second-order valence-corrected chi connectivity index (χ2v) is 14.3. The first-order valence-corrected chi connectivity index (χ1v) is 17.4. The molecule has 16 heteroatoms. The van der Waals surface area contributed by atoms with Gasteiger partial charge < -0.3 is 33.7 Å². The van der Waals surface area contributed by atoms with E-state index in [1.54, 1.807) is 78.2 Å². The van der Waals surface area contributed by atoms with E-state index in [1.807, 2.05) is 0 Å². The van der Waals surface area contributed by atoms with Crippen molar-refractivity contribution in [2.24, 2.45) is 0 Å². The van der Waals surface area contributed by atoms with Crippen LogP contribution in [0.15, 0.2) is 60.1 Å². The maximum atomic E-state index is 15.5. The highest BCUT2D eigenvalue weighted by molar-refractivity contribution is 6.56. The van der Waals surface area contributed by atoms with Crippen LogP contribution in [-0.4, -0.2) is 102 Å². The summed E-state index contributed by atoms with van der Waals surface area (Å²) < 4.78 is 84.2. The number of alkyl halides is 3. The van der Waals surface area contributed by atoms with Gasteiger partial charge in [-0.15, -0.1) is 5.10 Å². The van der Waals surface area contributed by atoms with Gasteiger partial charge in [-0.05, 0) is 93.4 Å². The fourth-order valence-electron chi connectivity index (χ4n) is 6.11. The zero-order valence-corrected chi connectivity index (χ0v) is 30.7. The van der Waals surface area contributed by atoms with Gasteiger partial charge in [0.05, 0.1) is 35.1 Å². The molecule has 2 aliphatic heterocycles. The molecule has 2 amide bonds. The van der Waals surface area contributed by atoms with E-state index in [-0.39, 0.29) is 42.0 Å². The lowest BCUT2D eigenvalue weighted by Gasteiger charge is -2.32. The van der Waals surface area contributed by atoms with Gasteiger partial charge >= 0.3 is 19.4 Å². The Kier molecular flexibility index (Phi) is 11.9. The van der Waals surface area contributed by atoms with Crippen molar-refractivity contribution in [3.8, 4) is 5.75 Å². The molecule has 1 aromatic heterocycles. The highest BCUT2D eigenvalue weighted by Crippen LogP contribution is 2.44. The number of benzene rings is 2. The minimum Gasteiger partial charge on any atom is -0.492 e. The summed E-state index contributed by atoms with van der Waals surface area (Å²) in [4.78, 5) is 26.0. The van der Waals surface area contributed by atoms with E-state index in [1.165, 1.54) is 27.8 Å². The fourth-order valence-corrected chi connectivity index (χ4v) is 6.11. The average Bonchev–Trinajstić information content (AvgIpc) is 3.53. The summed E-state index contributed by atoms with van der Waals surface area (Å²) in [7, 11) is 1.78. The Labute approximate surface area is 306 Å². The van der Waals surface area contributed by atoms with Crippen molar-refractivity contribution in [1.29, 1.82) is 0 Å². The Hall–Kier alpha value is -4.41. The molecule has 11 nitrogen and oxygen atoms in total. The molecule has 1 atom stereocenters. The fraction of sp³-hybridized carbons (Fsp3) is 0.486. The van der Waals surface area contributed by atoms with Crippen LogP contribution < -0.4 is 4.74 Å². The summed E-state index contributed by atoms with van der Waals surface area (Å²) in [6, 6.07) is 11.0. The number of ether oxygens (including phenoxy) is 2. The molecular weight excluding hydrogens is 699 g/mol. The minimum absolute atomic E-state index is 0.0223. The number of allylic oxidation sites excluding steroid dienone is 1. The molecule has 1 unspecified atom stereocenters. The number of likely N-dealkylation sites (N-methyl/N-ethyl adjacent to an activating group) is 1. The van der Waals surface area contributed by atoms with E-state index >= 15 is 4.39 Å². The summed E-state index contributed by atoms with van der Waals surface area (Å²) in [5, 5.41) is 13.8. The molecule has 0 saturated carbocycles. The van der Waals surface area contributed by atoms with Gasteiger partial charge in [0.15, 0.2) is 6.23 Å². The van der Waals surface area contributed by atoms with Gasteiger partial charge in [0.2, 0.25) is 11.9 Å². The van der Waals surface area contributed by atoms with Crippen molar-refractivity contribution in [2.75, 3.05) is 40.4 Å². The number of aromatic nitrogens is 2. The standard InChI is InChI=1S/C37H45BF4N4O7/c1-35(2)36(3,4)53-38(52-35)28(23-37(40,41)42)32(25-14-17-29-27(22-25)33(39)43-46(29)31-11-7-8-20-51-31)24-12-15-26(16-13-24)50-21-19-45(34(48)49)18-9-10-30(47)44(5)6/h9-10,12-17,22,31H,7-8,11,18-21,23H2,1-6H3,(H,48,49)/b10-9+,32-28+. The lowest BCUT2D eigenvalue weighted by atomic mass is 9.70. The normalized spacial score (nSPS) is 19.1. The second kappa shape index (κ2) is 15.9. The summed E-state index contributed by atoms with van der Waals surface area (Å²) in [5.41, 5.74) is -0.842. The summed E-state index contributed by atoms with van der Waals surface area (Å²) >= 11 is 0. The zero-order chi connectivity index (χ0) is 38.7. The molecule has 0 aliphatic carbocycles. The van der Waals surface area contributed by atoms with Crippen molar-refractivity contribution in [3.05, 3.63) is 77.2 Å². The number of carbonyl (C=O) groups excluding carboxylic acids is 1. The molecule has 2 fully saturated rings. The first-order valence-electron chi connectivity index (χ1n) is 17.4. The SMILES string of the molecule is CN(C)C(=O)/C=C/CN(CCOc1ccc(/C(=C(/CC(F)(F)F)B2OC(C)(C)C(C)(C)O2)c2ccc3c(c2)c(F)nn3C2CCCCO2)cc1)C(=O)O. The molecule has 3 aromatic rings. The molecule has 53 heavy (non-hydrogen) atoms. The van der Waals surface area contributed by atoms with Gasteiger partial charge in [0.25, 0.3) is 0 Å². The maximum absolute atomic E-state index is 15.5. The third kappa shape index (κ3) is 9.40. The molecule has 2 aliphatic rings. The Balaban J connectivity index is 1.51. The predicted molar refractivity (Wildman–Crippen MR) is 191 cm³/mol. The number of carboxylic acid groups (broad SMARTS) is 1. The molecule has 5 rings (SSSR count). The second-order valence-electron chi connectivity index (χ2n) is 14.3. The van der Waals surface area contributed by atoms with Crippen LogP contribution in [0.25, 0.3) is 16.5 Å². The van der Waals surface area contributed by atoms with Gasteiger partial charge in [-0.2, -0.15) is 17.6 Å². The van der Waals surface area contributed by atoms with Gasteiger partial charge in [-0.1, -0.05) is 24.3 Å². The maximum Gasteiger partial charge on any atom is 0.491 e. The van der Waals surface area contributed by atoms with Crippen molar-refractivity contribution >= 4 is 35.6 Å². The van der Waals surface area contributed by atoms with Crippen LogP contribution in [-0.2, 0) is 18.8 Å².